The number of halogens is 1. The second kappa shape index (κ2) is 14.7. The number of benzene rings is 3. The fraction of sp³-hybridized carbons (Fsp3) is 0.351. The number of aliphatic hydroxyl groups excluding tert-OH is 2. The molecule has 8 heteroatoms. The molecule has 3 N–H and O–H groups in total. The maximum Gasteiger partial charge on any atom is 0.308 e. The van der Waals surface area contributed by atoms with Gasteiger partial charge in [-0.2, -0.15) is 0 Å². The first-order valence-corrected chi connectivity index (χ1v) is 15.4. The number of ether oxygens (including phenoxy) is 1. The molecular formula is C37H43FN2O5. The van der Waals surface area contributed by atoms with Crippen LogP contribution in [0.1, 0.15) is 75.9 Å². The van der Waals surface area contributed by atoms with Gasteiger partial charge in [-0.1, -0.05) is 62.4 Å². The molecule has 1 aromatic heterocycles. The third-order valence-corrected chi connectivity index (χ3v) is 7.34. The Hall–Kier alpha value is -4.27. The number of hydrogen-bond donors (Lipinski definition) is 3. The highest BCUT2D eigenvalue weighted by Gasteiger charge is 2.31. The van der Waals surface area contributed by atoms with Crippen molar-refractivity contribution in [2.45, 2.75) is 84.2 Å². The summed E-state index contributed by atoms with van der Waals surface area (Å²) in [7, 11) is 0. The number of hydrogen-bond acceptors (Lipinski definition) is 5. The summed E-state index contributed by atoms with van der Waals surface area (Å²) in [5.41, 5.74) is 4.22. The Morgan fingerprint density at radius 3 is 2.04 bits per heavy atom. The van der Waals surface area contributed by atoms with Crippen LogP contribution >= 0.6 is 0 Å². The molecule has 0 fully saturated rings. The third-order valence-electron chi connectivity index (χ3n) is 7.34. The Labute approximate surface area is 264 Å². The number of amides is 1. The van der Waals surface area contributed by atoms with Crippen molar-refractivity contribution in [2.75, 3.05) is 5.32 Å². The van der Waals surface area contributed by atoms with Crippen LogP contribution in [0.15, 0.2) is 84.9 Å². The monoisotopic (exact) mass is 614 g/mol. The van der Waals surface area contributed by atoms with Gasteiger partial charge in [-0.25, -0.2) is 4.39 Å². The molecule has 0 aliphatic carbocycles. The highest BCUT2D eigenvalue weighted by atomic mass is 19.1. The lowest BCUT2D eigenvalue weighted by Gasteiger charge is -2.22. The van der Waals surface area contributed by atoms with Crippen LogP contribution in [0.25, 0.3) is 22.4 Å². The van der Waals surface area contributed by atoms with E-state index in [9.17, 15) is 24.2 Å². The molecule has 2 atom stereocenters. The molecule has 45 heavy (non-hydrogen) atoms. The van der Waals surface area contributed by atoms with E-state index >= 15 is 0 Å². The highest BCUT2D eigenvalue weighted by molar-refractivity contribution is 6.12. The summed E-state index contributed by atoms with van der Waals surface area (Å²) in [4.78, 5) is 26.4. The molecule has 7 nitrogen and oxygen atoms in total. The third kappa shape index (κ3) is 8.90. The van der Waals surface area contributed by atoms with E-state index in [0.29, 0.717) is 23.4 Å². The molecule has 3 aromatic carbocycles. The summed E-state index contributed by atoms with van der Waals surface area (Å²) < 4.78 is 21.4. The molecule has 1 amide bonds. The minimum Gasteiger partial charge on any atom is -0.460 e. The fourth-order valence-corrected chi connectivity index (χ4v) is 5.58. The summed E-state index contributed by atoms with van der Waals surface area (Å²) in [6.07, 6.45) is -2.02. The molecule has 0 aliphatic rings. The van der Waals surface area contributed by atoms with E-state index in [4.69, 9.17) is 4.74 Å². The van der Waals surface area contributed by atoms with Crippen LogP contribution in [0.3, 0.4) is 0 Å². The molecule has 238 valence electrons. The summed E-state index contributed by atoms with van der Waals surface area (Å²) in [5, 5.41) is 24.6. The van der Waals surface area contributed by atoms with Gasteiger partial charge < -0.3 is 24.8 Å². The number of rotatable bonds is 12. The first-order valence-electron chi connectivity index (χ1n) is 15.4. The molecule has 0 unspecified atom stereocenters. The van der Waals surface area contributed by atoms with Crippen molar-refractivity contribution >= 4 is 17.6 Å². The molecule has 0 aliphatic heterocycles. The number of esters is 1. The molecule has 4 rings (SSSR count). The quantitative estimate of drug-likeness (QED) is 0.143. The zero-order chi connectivity index (χ0) is 32.7. The predicted octanol–water partition coefficient (Wildman–Crippen LogP) is 7.57. The van der Waals surface area contributed by atoms with E-state index < -0.39 is 23.8 Å². The predicted molar refractivity (Wildman–Crippen MR) is 175 cm³/mol. The molecule has 0 bridgehead atoms. The lowest BCUT2D eigenvalue weighted by atomic mass is 9.94. The van der Waals surface area contributed by atoms with Gasteiger partial charge in [-0.3, -0.25) is 9.59 Å². The molecule has 4 aromatic rings. The van der Waals surface area contributed by atoms with E-state index in [1.807, 2.05) is 79.1 Å². The summed E-state index contributed by atoms with van der Waals surface area (Å²) in [6, 6.07) is 25.0. The van der Waals surface area contributed by atoms with E-state index in [2.05, 4.69) is 5.32 Å². The maximum absolute atomic E-state index is 14.2. The zero-order valence-electron chi connectivity index (χ0n) is 26.6. The second-order valence-corrected chi connectivity index (χ2v) is 12.6. The number of aliphatic hydroxyl groups is 2. The van der Waals surface area contributed by atoms with Crippen LogP contribution in [-0.2, 0) is 16.1 Å². The Balaban J connectivity index is 1.78. The summed E-state index contributed by atoms with van der Waals surface area (Å²) in [5.74, 6) is -1.29. The van der Waals surface area contributed by atoms with Gasteiger partial charge >= 0.3 is 5.97 Å². The number of anilines is 1. The average Bonchev–Trinajstić information content (AvgIpc) is 3.32. The zero-order valence-corrected chi connectivity index (χ0v) is 26.6. The first-order chi connectivity index (χ1) is 21.3. The lowest BCUT2D eigenvalue weighted by molar-refractivity contribution is -0.157. The minimum absolute atomic E-state index is 0.0176. The van der Waals surface area contributed by atoms with Gasteiger partial charge in [0.05, 0.1) is 29.9 Å². The standard InChI is InChI=1S/C37H43FN2O5/c1-24(2)34-33(36(44)39-28-14-10-7-11-15-28)32(25-12-8-6-9-13-25)35(26-16-18-27(38)19-17-26)40(34)21-20-29(41)22-30(42)23-31(43)45-37(3,4)5/h6-19,24,29-30,41-42H,20-23H2,1-5H3,(H,39,44)/t29-,30-/m1/s1. The average molecular weight is 615 g/mol. The van der Waals surface area contributed by atoms with Gasteiger partial charge in [-0.05, 0) is 87.1 Å². The molecular weight excluding hydrogens is 571 g/mol. The van der Waals surface area contributed by atoms with Gasteiger partial charge in [0.15, 0.2) is 0 Å². The Morgan fingerprint density at radius 2 is 1.47 bits per heavy atom. The highest BCUT2D eigenvalue weighted by Crippen LogP contribution is 2.42. The van der Waals surface area contributed by atoms with Crippen LogP contribution in [0, 0.1) is 5.82 Å². The van der Waals surface area contributed by atoms with Gasteiger partial charge in [0, 0.05) is 23.5 Å². The van der Waals surface area contributed by atoms with Crippen LogP contribution in [-0.4, -0.2) is 44.5 Å². The normalized spacial score (nSPS) is 13.0. The van der Waals surface area contributed by atoms with Crippen molar-refractivity contribution in [1.29, 1.82) is 0 Å². The van der Waals surface area contributed by atoms with E-state index in [-0.39, 0.29) is 36.9 Å². The molecule has 0 saturated carbocycles. The van der Waals surface area contributed by atoms with Gasteiger partial charge in [-0.15, -0.1) is 0 Å². The number of carbonyl (C=O) groups is 2. The Kier molecular flexibility index (Phi) is 11.0. The molecule has 0 radical (unpaired) electrons. The van der Waals surface area contributed by atoms with Gasteiger partial charge in [0.2, 0.25) is 0 Å². The fourth-order valence-electron chi connectivity index (χ4n) is 5.58. The van der Waals surface area contributed by atoms with Crippen molar-refractivity contribution in [1.82, 2.24) is 4.57 Å². The Bertz CT molecular complexity index is 1580. The number of aromatic nitrogens is 1. The summed E-state index contributed by atoms with van der Waals surface area (Å²) >= 11 is 0. The van der Waals surface area contributed by atoms with Crippen molar-refractivity contribution in [3.63, 3.8) is 0 Å². The van der Waals surface area contributed by atoms with Crippen LogP contribution < -0.4 is 5.32 Å². The molecule has 1 heterocycles. The largest absolute Gasteiger partial charge is 0.460 e. The topological polar surface area (TPSA) is 101 Å². The van der Waals surface area contributed by atoms with Gasteiger partial charge in [0.1, 0.15) is 11.4 Å². The van der Waals surface area contributed by atoms with Crippen molar-refractivity contribution in [2.24, 2.45) is 0 Å². The second-order valence-electron chi connectivity index (χ2n) is 12.6. The minimum atomic E-state index is -1.08. The van der Waals surface area contributed by atoms with Gasteiger partial charge in [0.25, 0.3) is 5.91 Å². The smallest absolute Gasteiger partial charge is 0.308 e. The van der Waals surface area contributed by atoms with E-state index in [1.54, 1.807) is 32.9 Å². The number of para-hydroxylation sites is 1. The van der Waals surface area contributed by atoms with Crippen LogP contribution in [0.4, 0.5) is 10.1 Å². The number of nitrogens with one attached hydrogen (secondary N) is 1. The maximum atomic E-state index is 14.2. The number of carbonyl (C=O) groups excluding carboxylic acids is 2. The molecule has 0 spiro atoms. The van der Waals surface area contributed by atoms with Crippen LogP contribution in [0.2, 0.25) is 0 Å². The van der Waals surface area contributed by atoms with Crippen LogP contribution in [0.5, 0.6) is 0 Å². The molecule has 0 saturated heterocycles. The van der Waals surface area contributed by atoms with E-state index in [1.165, 1.54) is 12.1 Å². The SMILES string of the molecule is CC(C)c1c(C(=O)Nc2ccccc2)c(-c2ccccc2)c(-c2ccc(F)cc2)n1CC[C@@H](O)C[C@@H](O)CC(=O)OC(C)(C)C. The van der Waals surface area contributed by atoms with Crippen molar-refractivity contribution in [3.05, 3.63) is 102 Å². The first kappa shape index (κ1) is 33.6. The van der Waals surface area contributed by atoms with Crippen molar-refractivity contribution < 1.29 is 28.9 Å². The number of nitrogens with zero attached hydrogens (tertiary/aromatic N) is 1. The summed E-state index contributed by atoms with van der Waals surface area (Å²) in [6.45, 7) is 9.59. The van der Waals surface area contributed by atoms with E-state index in [0.717, 1.165) is 22.5 Å². The lowest BCUT2D eigenvalue weighted by Crippen LogP contribution is -2.28. The Morgan fingerprint density at radius 1 is 0.867 bits per heavy atom. The van der Waals surface area contributed by atoms with Crippen molar-refractivity contribution in [3.8, 4) is 22.4 Å².